The number of aromatic amines is 1. The summed E-state index contributed by atoms with van der Waals surface area (Å²) in [5, 5.41) is 25.0. The van der Waals surface area contributed by atoms with E-state index in [1.807, 2.05) is 0 Å². The van der Waals surface area contributed by atoms with E-state index in [4.69, 9.17) is 5.11 Å². The number of carboxylic acid groups (broad SMARTS) is 1. The van der Waals surface area contributed by atoms with Gasteiger partial charge in [-0.3, -0.25) is 15.2 Å². The lowest BCUT2D eigenvalue weighted by atomic mass is 10.2. The minimum atomic E-state index is -1.18. The maximum Gasteiger partial charge on any atom is 0.333 e. The third-order valence-electron chi connectivity index (χ3n) is 1.84. The molecule has 0 saturated heterocycles. The molecule has 8 heteroatoms. The molecule has 1 rings (SSSR count). The first-order valence-electron chi connectivity index (χ1n) is 3.98. The van der Waals surface area contributed by atoms with Gasteiger partial charge in [0.1, 0.15) is 11.9 Å². The first kappa shape index (κ1) is 11.1. The van der Waals surface area contributed by atoms with Gasteiger partial charge in [-0.15, -0.1) is 0 Å². The van der Waals surface area contributed by atoms with Crippen molar-refractivity contribution in [2.75, 3.05) is 7.11 Å². The van der Waals surface area contributed by atoms with E-state index in [1.54, 1.807) is 0 Å². The van der Waals surface area contributed by atoms with Gasteiger partial charge in [-0.25, -0.2) is 4.79 Å². The highest BCUT2D eigenvalue weighted by Gasteiger charge is 2.24. The van der Waals surface area contributed by atoms with E-state index >= 15 is 0 Å². The van der Waals surface area contributed by atoms with Gasteiger partial charge in [0.15, 0.2) is 6.10 Å². The Hall–Kier alpha value is -1.96. The SMILES string of the molecule is COC(Cc1[nH]ncc1[N+](=O)[O-])C(=O)O. The summed E-state index contributed by atoms with van der Waals surface area (Å²) in [7, 11) is 1.22. The van der Waals surface area contributed by atoms with Crippen LogP contribution in [0.1, 0.15) is 5.69 Å². The monoisotopic (exact) mass is 215 g/mol. The molecule has 0 spiro atoms. The molecule has 1 atom stereocenters. The van der Waals surface area contributed by atoms with Crippen LogP contribution in [-0.2, 0) is 16.0 Å². The Morgan fingerprint density at radius 1 is 1.87 bits per heavy atom. The van der Waals surface area contributed by atoms with Crippen LogP contribution in [-0.4, -0.2) is 39.4 Å². The molecule has 0 bridgehead atoms. The van der Waals surface area contributed by atoms with Crippen molar-refractivity contribution in [3.8, 4) is 0 Å². The van der Waals surface area contributed by atoms with Crippen molar-refractivity contribution in [1.82, 2.24) is 10.2 Å². The Labute approximate surface area is 84.0 Å². The first-order valence-corrected chi connectivity index (χ1v) is 3.98. The Bertz CT molecular complexity index is 374. The zero-order valence-corrected chi connectivity index (χ0v) is 7.84. The van der Waals surface area contributed by atoms with Gasteiger partial charge in [0.25, 0.3) is 0 Å². The van der Waals surface area contributed by atoms with E-state index in [9.17, 15) is 14.9 Å². The van der Waals surface area contributed by atoms with E-state index in [0.29, 0.717) is 0 Å². The number of methoxy groups -OCH3 is 1. The summed E-state index contributed by atoms with van der Waals surface area (Å²) in [4.78, 5) is 20.5. The van der Waals surface area contributed by atoms with Crippen LogP contribution in [0.15, 0.2) is 6.20 Å². The average Bonchev–Trinajstić information content (AvgIpc) is 2.61. The molecule has 2 N–H and O–H groups in total. The van der Waals surface area contributed by atoms with Crippen LogP contribution in [0.25, 0.3) is 0 Å². The Morgan fingerprint density at radius 3 is 3.00 bits per heavy atom. The predicted octanol–water partition coefficient (Wildman–Crippen LogP) is -0.0400. The number of H-pyrrole nitrogens is 1. The Kier molecular flexibility index (Phi) is 3.34. The van der Waals surface area contributed by atoms with Gasteiger partial charge in [0, 0.05) is 13.5 Å². The van der Waals surface area contributed by atoms with Crippen molar-refractivity contribution in [1.29, 1.82) is 0 Å². The van der Waals surface area contributed by atoms with E-state index in [0.717, 1.165) is 6.20 Å². The molecule has 0 aromatic carbocycles. The van der Waals surface area contributed by atoms with Crippen LogP contribution in [0.2, 0.25) is 0 Å². The summed E-state index contributed by atoms with van der Waals surface area (Å²) in [6.07, 6.45) is -0.212. The summed E-state index contributed by atoms with van der Waals surface area (Å²) < 4.78 is 4.65. The highest BCUT2D eigenvalue weighted by molar-refractivity contribution is 5.72. The number of carbonyl (C=O) groups is 1. The molecule has 15 heavy (non-hydrogen) atoms. The zero-order valence-electron chi connectivity index (χ0n) is 7.84. The molecule has 1 heterocycles. The minimum Gasteiger partial charge on any atom is -0.479 e. The number of rotatable bonds is 5. The van der Waals surface area contributed by atoms with E-state index in [2.05, 4.69) is 14.9 Å². The fourth-order valence-electron chi connectivity index (χ4n) is 1.07. The van der Waals surface area contributed by atoms with Crippen molar-refractivity contribution < 1.29 is 19.6 Å². The predicted molar refractivity (Wildman–Crippen MR) is 47.4 cm³/mol. The zero-order chi connectivity index (χ0) is 11.4. The molecule has 1 aromatic rings. The van der Waals surface area contributed by atoms with Gasteiger partial charge in [-0.2, -0.15) is 5.10 Å². The number of carboxylic acids is 1. The number of aliphatic carboxylic acids is 1. The molecule has 0 aliphatic carbocycles. The normalized spacial score (nSPS) is 12.3. The summed E-state index contributed by atoms with van der Waals surface area (Å²) in [6, 6.07) is 0. The highest BCUT2D eigenvalue weighted by Crippen LogP contribution is 2.16. The van der Waals surface area contributed by atoms with Gasteiger partial charge in [-0.1, -0.05) is 0 Å². The van der Waals surface area contributed by atoms with Crippen LogP contribution in [0.3, 0.4) is 0 Å². The number of hydrogen-bond donors (Lipinski definition) is 2. The molecule has 0 saturated carbocycles. The molecule has 82 valence electrons. The number of nitrogens with zero attached hydrogens (tertiary/aromatic N) is 2. The molecule has 0 amide bonds. The summed E-state index contributed by atoms with van der Waals surface area (Å²) in [5.41, 5.74) is -0.104. The average molecular weight is 215 g/mol. The van der Waals surface area contributed by atoms with Crippen LogP contribution >= 0.6 is 0 Å². The number of nitro groups is 1. The third-order valence-corrected chi connectivity index (χ3v) is 1.84. The van der Waals surface area contributed by atoms with E-state index in [-0.39, 0.29) is 17.8 Å². The molecule has 0 fully saturated rings. The standard InChI is InChI=1S/C7H9N3O5/c1-15-6(7(11)12)2-4-5(10(13)14)3-8-9-4/h3,6H,2H2,1H3,(H,8,9)(H,11,12). The van der Waals surface area contributed by atoms with Crippen LogP contribution in [0.4, 0.5) is 5.69 Å². The maximum atomic E-state index is 10.6. The van der Waals surface area contributed by atoms with Gasteiger partial charge in [0.05, 0.1) is 4.92 Å². The topological polar surface area (TPSA) is 118 Å². The summed E-state index contributed by atoms with van der Waals surface area (Å²) in [5.74, 6) is -1.18. The van der Waals surface area contributed by atoms with Crippen LogP contribution in [0, 0.1) is 10.1 Å². The van der Waals surface area contributed by atoms with Crippen LogP contribution in [0.5, 0.6) is 0 Å². The smallest absolute Gasteiger partial charge is 0.333 e. The lowest BCUT2D eigenvalue weighted by Crippen LogP contribution is -2.25. The van der Waals surface area contributed by atoms with Gasteiger partial charge in [0.2, 0.25) is 0 Å². The van der Waals surface area contributed by atoms with E-state index in [1.165, 1.54) is 7.11 Å². The second kappa shape index (κ2) is 4.51. The number of aromatic nitrogens is 2. The molecule has 0 radical (unpaired) electrons. The van der Waals surface area contributed by atoms with Crippen molar-refractivity contribution in [2.24, 2.45) is 0 Å². The molecule has 0 aliphatic rings. The van der Waals surface area contributed by atoms with Gasteiger partial charge >= 0.3 is 11.7 Å². The summed E-state index contributed by atoms with van der Waals surface area (Å²) >= 11 is 0. The fourth-order valence-corrected chi connectivity index (χ4v) is 1.07. The molecular weight excluding hydrogens is 206 g/mol. The fraction of sp³-hybridized carbons (Fsp3) is 0.429. The lowest BCUT2D eigenvalue weighted by Gasteiger charge is -2.07. The van der Waals surface area contributed by atoms with Gasteiger partial charge in [-0.05, 0) is 0 Å². The Morgan fingerprint density at radius 2 is 2.53 bits per heavy atom. The minimum absolute atomic E-state index is 0.123. The van der Waals surface area contributed by atoms with Crippen molar-refractivity contribution in [2.45, 2.75) is 12.5 Å². The van der Waals surface area contributed by atoms with Crippen molar-refractivity contribution in [3.05, 3.63) is 22.0 Å². The van der Waals surface area contributed by atoms with Crippen molar-refractivity contribution >= 4 is 11.7 Å². The third kappa shape index (κ3) is 2.50. The highest BCUT2D eigenvalue weighted by atomic mass is 16.6. The largest absolute Gasteiger partial charge is 0.479 e. The molecule has 1 unspecified atom stereocenters. The van der Waals surface area contributed by atoms with Crippen LogP contribution < -0.4 is 0 Å². The number of nitrogens with one attached hydrogen (secondary N) is 1. The molecule has 1 aromatic heterocycles. The summed E-state index contributed by atoms with van der Waals surface area (Å²) in [6.45, 7) is 0. The lowest BCUT2D eigenvalue weighted by molar-refractivity contribution is -0.385. The molecule has 0 aliphatic heterocycles. The van der Waals surface area contributed by atoms with Crippen molar-refractivity contribution in [3.63, 3.8) is 0 Å². The quantitative estimate of drug-likeness (QED) is 0.525. The molecular formula is C7H9N3O5. The Balaban J connectivity index is 2.83. The number of hydrogen-bond acceptors (Lipinski definition) is 5. The van der Waals surface area contributed by atoms with E-state index < -0.39 is 17.0 Å². The maximum absolute atomic E-state index is 10.6. The number of ether oxygens (including phenoxy) is 1. The second-order valence-corrected chi connectivity index (χ2v) is 2.76. The molecule has 8 nitrogen and oxygen atoms in total. The second-order valence-electron chi connectivity index (χ2n) is 2.76. The van der Waals surface area contributed by atoms with Gasteiger partial charge < -0.3 is 9.84 Å². The first-order chi connectivity index (χ1) is 7.06.